The van der Waals surface area contributed by atoms with E-state index in [1.807, 2.05) is 20.4 Å². The van der Waals surface area contributed by atoms with Gasteiger partial charge in [0.15, 0.2) is 0 Å². The van der Waals surface area contributed by atoms with Crippen LogP contribution in [-0.2, 0) is 4.79 Å². The van der Waals surface area contributed by atoms with Crippen molar-refractivity contribution in [3.8, 4) is 0 Å². The van der Waals surface area contributed by atoms with Crippen LogP contribution in [0.15, 0.2) is 29.2 Å². The van der Waals surface area contributed by atoms with Gasteiger partial charge in [0.1, 0.15) is 0 Å². The van der Waals surface area contributed by atoms with E-state index in [0.717, 1.165) is 0 Å². The molecule has 1 rings (SSSR count). The normalized spacial score (nSPS) is 12.7. The highest BCUT2D eigenvalue weighted by Gasteiger charge is 2.15. The Labute approximate surface area is 107 Å². The highest BCUT2D eigenvalue weighted by molar-refractivity contribution is 7.98. The molecule has 1 unspecified atom stereocenters. The van der Waals surface area contributed by atoms with Crippen LogP contribution in [0.25, 0.3) is 0 Å². The Morgan fingerprint density at radius 3 is 2.35 bits per heavy atom. The Morgan fingerprint density at radius 2 is 1.94 bits per heavy atom. The van der Waals surface area contributed by atoms with E-state index in [1.165, 1.54) is 10.5 Å². The van der Waals surface area contributed by atoms with Crippen molar-refractivity contribution in [3.63, 3.8) is 0 Å². The molecule has 0 aliphatic rings. The molecule has 0 saturated heterocycles. The third-order valence-corrected chi connectivity index (χ3v) is 3.50. The summed E-state index contributed by atoms with van der Waals surface area (Å²) in [5.41, 5.74) is 1.18. The molecule has 94 valence electrons. The predicted molar refractivity (Wildman–Crippen MR) is 71.5 cm³/mol. The van der Waals surface area contributed by atoms with Crippen LogP contribution in [-0.4, -0.2) is 36.3 Å². The Morgan fingerprint density at radius 1 is 1.35 bits per heavy atom. The maximum atomic E-state index is 10.6. The number of aliphatic carboxylic acids is 1. The zero-order chi connectivity index (χ0) is 12.8. The van der Waals surface area contributed by atoms with E-state index in [2.05, 4.69) is 29.2 Å². The first-order valence-electron chi connectivity index (χ1n) is 5.56. The summed E-state index contributed by atoms with van der Waals surface area (Å²) >= 11 is 1.71. The van der Waals surface area contributed by atoms with Gasteiger partial charge in [-0.15, -0.1) is 11.8 Å². The second-order valence-electron chi connectivity index (χ2n) is 4.18. The topological polar surface area (TPSA) is 40.5 Å². The summed E-state index contributed by atoms with van der Waals surface area (Å²) in [6, 6.07) is 8.49. The van der Waals surface area contributed by atoms with Gasteiger partial charge in [-0.2, -0.15) is 0 Å². The Balaban J connectivity index is 2.78. The van der Waals surface area contributed by atoms with Gasteiger partial charge >= 0.3 is 5.97 Å². The van der Waals surface area contributed by atoms with E-state index in [4.69, 9.17) is 5.11 Å². The van der Waals surface area contributed by atoms with E-state index in [9.17, 15) is 4.79 Å². The minimum Gasteiger partial charge on any atom is -0.481 e. The SMILES string of the molecule is CSc1ccc(C(CCC(=O)O)N(C)C)cc1. The molecule has 0 aromatic heterocycles. The van der Waals surface area contributed by atoms with Crippen molar-refractivity contribution in [2.45, 2.75) is 23.8 Å². The molecule has 0 saturated carbocycles. The second-order valence-corrected chi connectivity index (χ2v) is 5.06. The molecule has 0 amide bonds. The number of rotatable bonds is 6. The fraction of sp³-hybridized carbons (Fsp3) is 0.462. The molecule has 0 spiro atoms. The van der Waals surface area contributed by atoms with E-state index in [1.54, 1.807) is 11.8 Å². The number of thioether (sulfide) groups is 1. The highest BCUT2D eigenvalue weighted by atomic mass is 32.2. The van der Waals surface area contributed by atoms with Crippen LogP contribution in [0.1, 0.15) is 24.4 Å². The minimum atomic E-state index is -0.738. The summed E-state index contributed by atoms with van der Waals surface area (Å²) in [5, 5.41) is 8.75. The van der Waals surface area contributed by atoms with Crippen molar-refractivity contribution in [1.29, 1.82) is 0 Å². The fourth-order valence-electron chi connectivity index (χ4n) is 1.81. The first kappa shape index (κ1) is 14.1. The molecule has 17 heavy (non-hydrogen) atoms. The number of carboxylic acids is 1. The first-order chi connectivity index (χ1) is 8.04. The van der Waals surface area contributed by atoms with Gasteiger partial charge in [-0.25, -0.2) is 0 Å². The monoisotopic (exact) mass is 253 g/mol. The summed E-state index contributed by atoms with van der Waals surface area (Å²) in [6.07, 6.45) is 2.89. The summed E-state index contributed by atoms with van der Waals surface area (Å²) in [7, 11) is 3.96. The molecule has 4 heteroatoms. The molecule has 0 bridgehead atoms. The molecular weight excluding hydrogens is 234 g/mol. The number of hydrogen-bond donors (Lipinski definition) is 1. The number of nitrogens with zero attached hydrogens (tertiary/aromatic N) is 1. The summed E-state index contributed by atoms with van der Waals surface area (Å²) in [5.74, 6) is -0.738. The number of hydrogen-bond acceptors (Lipinski definition) is 3. The van der Waals surface area contributed by atoms with Crippen LogP contribution in [0.5, 0.6) is 0 Å². The molecule has 0 fully saturated rings. The van der Waals surface area contributed by atoms with Crippen molar-refractivity contribution in [2.24, 2.45) is 0 Å². The number of benzene rings is 1. The predicted octanol–water partition coefficient (Wildman–Crippen LogP) is 2.88. The van der Waals surface area contributed by atoms with Crippen molar-refractivity contribution in [2.75, 3.05) is 20.4 Å². The minimum absolute atomic E-state index is 0.169. The molecule has 1 aromatic rings. The molecule has 1 atom stereocenters. The second kappa shape index (κ2) is 6.67. The van der Waals surface area contributed by atoms with Gasteiger partial charge in [0.2, 0.25) is 0 Å². The molecular formula is C13H19NO2S. The molecule has 0 heterocycles. The van der Waals surface area contributed by atoms with Crippen LogP contribution in [0, 0.1) is 0 Å². The average Bonchev–Trinajstić information content (AvgIpc) is 2.29. The summed E-state index contributed by atoms with van der Waals surface area (Å²) in [6.45, 7) is 0. The quantitative estimate of drug-likeness (QED) is 0.791. The lowest BCUT2D eigenvalue weighted by Gasteiger charge is -2.24. The zero-order valence-electron chi connectivity index (χ0n) is 10.5. The van der Waals surface area contributed by atoms with Crippen molar-refractivity contribution in [1.82, 2.24) is 4.90 Å². The lowest BCUT2D eigenvalue weighted by Crippen LogP contribution is -2.20. The van der Waals surface area contributed by atoms with Crippen LogP contribution in [0.3, 0.4) is 0 Å². The maximum Gasteiger partial charge on any atom is 0.303 e. The Bertz CT molecular complexity index is 362. The maximum absolute atomic E-state index is 10.6. The Kier molecular flexibility index (Phi) is 5.51. The van der Waals surface area contributed by atoms with E-state index < -0.39 is 5.97 Å². The van der Waals surface area contributed by atoms with Gasteiger partial charge in [0, 0.05) is 17.4 Å². The Hall–Kier alpha value is -1.00. The largest absolute Gasteiger partial charge is 0.481 e. The van der Waals surface area contributed by atoms with E-state index in [0.29, 0.717) is 6.42 Å². The molecule has 0 radical (unpaired) electrons. The van der Waals surface area contributed by atoms with Gasteiger partial charge < -0.3 is 10.0 Å². The third kappa shape index (κ3) is 4.40. The highest BCUT2D eigenvalue weighted by Crippen LogP contribution is 2.25. The van der Waals surface area contributed by atoms with Gasteiger partial charge in [-0.05, 0) is 44.5 Å². The first-order valence-corrected chi connectivity index (χ1v) is 6.79. The van der Waals surface area contributed by atoms with Crippen LogP contribution < -0.4 is 0 Å². The van der Waals surface area contributed by atoms with Crippen molar-refractivity contribution < 1.29 is 9.90 Å². The third-order valence-electron chi connectivity index (χ3n) is 2.76. The lowest BCUT2D eigenvalue weighted by molar-refractivity contribution is -0.137. The van der Waals surface area contributed by atoms with Gasteiger partial charge in [-0.1, -0.05) is 12.1 Å². The van der Waals surface area contributed by atoms with Crippen LogP contribution >= 0.6 is 11.8 Å². The zero-order valence-corrected chi connectivity index (χ0v) is 11.3. The molecule has 1 N–H and O–H groups in total. The average molecular weight is 253 g/mol. The number of carboxylic acid groups (broad SMARTS) is 1. The van der Waals surface area contributed by atoms with Crippen LogP contribution in [0.2, 0.25) is 0 Å². The van der Waals surface area contributed by atoms with Crippen molar-refractivity contribution >= 4 is 17.7 Å². The van der Waals surface area contributed by atoms with E-state index >= 15 is 0 Å². The molecule has 0 aliphatic heterocycles. The van der Waals surface area contributed by atoms with Crippen molar-refractivity contribution in [3.05, 3.63) is 29.8 Å². The molecule has 1 aromatic carbocycles. The van der Waals surface area contributed by atoms with Gasteiger partial charge in [-0.3, -0.25) is 4.79 Å². The van der Waals surface area contributed by atoms with Crippen LogP contribution in [0.4, 0.5) is 0 Å². The molecule has 3 nitrogen and oxygen atoms in total. The summed E-state index contributed by atoms with van der Waals surface area (Å²) in [4.78, 5) is 13.9. The standard InChI is InChI=1S/C13H19NO2S/c1-14(2)12(8-9-13(15)16)10-4-6-11(17-3)7-5-10/h4-7,12H,8-9H2,1-3H3,(H,15,16). The van der Waals surface area contributed by atoms with E-state index in [-0.39, 0.29) is 12.5 Å². The smallest absolute Gasteiger partial charge is 0.303 e. The number of carbonyl (C=O) groups is 1. The van der Waals surface area contributed by atoms with Gasteiger partial charge in [0.25, 0.3) is 0 Å². The lowest BCUT2D eigenvalue weighted by atomic mass is 10.0. The summed E-state index contributed by atoms with van der Waals surface area (Å²) < 4.78 is 0. The molecule has 0 aliphatic carbocycles. The fourth-order valence-corrected chi connectivity index (χ4v) is 2.22. The van der Waals surface area contributed by atoms with Gasteiger partial charge in [0.05, 0.1) is 0 Å².